The Hall–Kier alpha value is -5.55. The third-order valence-corrected chi connectivity index (χ3v) is 11.1. The van der Waals surface area contributed by atoms with E-state index in [1.165, 1.54) is 0 Å². The number of hydrogen-bond acceptors (Lipinski definition) is 8. The smallest absolute Gasteiger partial charge is 0.304 e. The van der Waals surface area contributed by atoms with Gasteiger partial charge in [-0.05, 0) is 97.0 Å². The van der Waals surface area contributed by atoms with Crippen LogP contribution in [0.3, 0.4) is 0 Å². The molecule has 9 nitrogen and oxygen atoms in total. The highest BCUT2D eigenvalue weighted by Crippen LogP contribution is 2.59. The summed E-state index contributed by atoms with van der Waals surface area (Å²) in [6, 6.07) is 36.1. The molecule has 10 heteroatoms. The van der Waals surface area contributed by atoms with E-state index in [4.69, 9.17) is 23.6 Å². The minimum Gasteiger partial charge on any atom is -0.453 e. The Labute approximate surface area is 337 Å². The maximum absolute atomic E-state index is 13.7. The molecule has 2 aliphatic rings. The number of para-hydroxylation sites is 5. The molecule has 0 radical (unpaired) electrons. The molecule has 2 atom stereocenters. The van der Waals surface area contributed by atoms with Crippen LogP contribution >= 0.6 is 0 Å². The van der Waals surface area contributed by atoms with Crippen molar-refractivity contribution in [3.8, 4) is 34.3 Å². The van der Waals surface area contributed by atoms with Crippen LogP contribution in [0.2, 0.25) is 0 Å². The molecule has 2 aromatic heterocycles. The summed E-state index contributed by atoms with van der Waals surface area (Å²) in [7, 11) is 0. The highest BCUT2D eigenvalue weighted by molar-refractivity contribution is 7.74. The quantitative estimate of drug-likeness (QED) is 0.102. The van der Waals surface area contributed by atoms with Crippen molar-refractivity contribution in [3.63, 3.8) is 0 Å². The van der Waals surface area contributed by atoms with Gasteiger partial charge in [-0.15, -0.1) is 0 Å². The highest BCUT2D eigenvalue weighted by Gasteiger charge is 2.51. The number of fused-ring (bicyclic) bond motifs is 4. The number of aryl methyl sites for hydroxylation is 3. The van der Waals surface area contributed by atoms with Gasteiger partial charge >= 0.3 is 11.4 Å². The maximum atomic E-state index is 13.7. The Bertz CT molecular complexity index is 2350. The first kappa shape index (κ1) is 38.3. The van der Waals surface area contributed by atoms with Crippen LogP contribution in [0.5, 0.6) is 23.0 Å². The topological polar surface area (TPSA) is 97.2 Å². The molecule has 4 aromatic carbocycles. The predicted molar refractivity (Wildman–Crippen MR) is 227 cm³/mol. The van der Waals surface area contributed by atoms with Crippen molar-refractivity contribution >= 4 is 34.1 Å². The van der Waals surface area contributed by atoms with Gasteiger partial charge < -0.3 is 14.4 Å². The van der Waals surface area contributed by atoms with Crippen molar-refractivity contribution < 1.29 is 22.4 Å². The third-order valence-electron chi connectivity index (χ3n) is 10.7. The van der Waals surface area contributed by atoms with Crippen LogP contribution in [0.25, 0.3) is 11.3 Å². The zero-order valence-corrected chi connectivity index (χ0v) is 33.5. The molecule has 0 amide bonds. The van der Waals surface area contributed by atoms with Gasteiger partial charge in [-0.2, -0.15) is 4.21 Å². The van der Waals surface area contributed by atoms with Gasteiger partial charge in [0.15, 0.2) is 23.0 Å². The molecule has 2 unspecified atom stereocenters. The van der Waals surface area contributed by atoms with E-state index in [1.807, 2.05) is 91.0 Å². The Morgan fingerprint density at radius 2 is 1.42 bits per heavy atom. The van der Waals surface area contributed by atoms with Crippen molar-refractivity contribution in [2.75, 3.05) is 16.3 Å². The number of hydrogen-bond donors (Lipinski definition) is 1. The number of aromatic nitrogens is 2. The second-order valence-electron chi connectivity index (χ2n) is 14.5. The molecule has 1 N–H and O–H groups in total. The van der Waals surface area contributed by atoms with Crippen LogP contribution in [0.15, 0.2) is 122 Å². The Morgan fingerprint density at radius 1 is 0.702 bits per heavy atom. The summed E-state index contributed by atoms with van der Waals surface area (Å²) in [6.45, 7) is 6.87. The molecule has 8 rings (SSSR count). The largest absolute Gasteiger partial charge is 0.453 e. The number of nitrogens with zero attached hydrogens (tertiary/aromatic N) is 4. The van der Waals surface area contributed by atoms with Gasteiger partial charge in [0.05, 0.1) is 34.1 Å². The molecule has 292 valence electrons. The summed E-state index contributed by atoms with van der Waals surface area (Å²) in [4.78, 5) is 14.3. The fourth-order valence-corrected chi connectivity index (χ4v) is 8.77. The second-order valence-corrected chi connectivity index (χ2v) is 15.1. The minimum atomic E-state index is -2.75. The zero-order chi connectivity index (χ0) is 39.4. The van der Waals surface area contributed by atoms with Crippen LogP contribution in [-0.2, 0) is 40.5 Å². The molecule has 4 heterocycles. The summed E-state index contributed by atoms with van der Waals surface area (Å²) in [6.07, 6.45) is 9.79. The van der Waals surface area contributed by atoms with Gasteiger partial charge in [-0.25, -0.2) is 4.18 Å². The highest BCUT2D eigenvalue weighted by atomic mass is 32.2. The van der Waals surface area contributed by atoms with E-state index in [-0.39, 0.29) is 6.42 Å². The standard InChI is InChI=1S/C47H48N4O5S/c1-4-7-18-34-19-15-29-49-46(34)47(56-57(52)53,27-30-50-38-22-8-10-24-41(38)54-42-25-11-9-23-39(42)50)51-40-32-33(16-5-2)31-35(17-6-3)45(40)55-43-26-14-20-36(44(43)51)37-21-12-13-28-48-37/h8-15,19-26,28-29,31-32H,4-7,16-18,27,30H2,1-3H3,(H,52,53). The van der Waals surface area contributed by atoms with Gasteiger partial charge in [0.1, 0.15) is 0 Å². The fourth-order valence-electron chi connectivity index (χ4n) is 8.30. The summed E-state index contributed by atoms with van der Waals surface area (Å²) < 4.78 is 45.0. The lowest BCUT2D eigenvalue weighted by atomic mass is 9.90. The first-order valence-electron chi connectivity index (χ1n) is 20.0. The van der Waals surface area contributed by atoms with Crippen LogP contribution in [0.1, 0.15) is 75.3 Å². The zero-order valence-electron chi connectivity index (χ0n) is 32.7. The summed E-state index contributed by atoms with van der Waals surface area (Å²) in [5.74, 6) is 2.74. The number of benzene rings is 4. The average molecular weight is 781 g/mol. The van der Waals surface area contributed by atoms with Crippen LogP contribution in [0, 0.1) is 0 Å². The number of ether oxygens (including phenoxy) is 2. The molecular formula is C47H48N4O5S. The number of rotatable bonds is 15. The van der Waals surface area contributed by atoms with Crippen molar-refractivity contribution in [2.45, 2.75) is 77.9 Å². The van der Waals surface area contributed by atoms with E-state index < -0.39 is 17.1 Å². The van der Waals surface area contributed by atoms with Gasteiger partial charge in [-0.3, -0.25) is 19.4 Å². The maximum Gasteiger partial charge on any atom is 0.304 e. The SMILES string of the molecule is CCCCc1cccnc1C(CCN1c2ccccc2Oc2ccccc21)(OS(=O)O)N1c2cc(CCC)cc(CCC)c2Oc2cccc(-c3ccccn3)c21. The average Bonchev–Trinajstić information content (AvgIpc) is 3.23. The number of anilines is 4. The van der Waals surface area contributed by atoms with Crippen molar-refractivity contribution in [2.24, 2.45) is 0 Å². The lowest BCUT2D eigenvalue weighted by Crippen LogP contribution is -2.50. The van der Waals surface area contributed by atoms with E-state index in [0.29, 0.717) is 35.8 Å². The van der Waals surface area contributed by atoms with Crippen LogP contribution in [-0.4, -0.2) is 25.3 Å². The molecule has 2 aliphatic heterocycles. The Kier molecular flexibility index (Phi) is 11.4. The normalized spacial score (nSPS) is 14.3. The first-order valence-corrected chi connectivity index (χ1v) is 21.0. The van der Waals surface area contributed by atoms with Crippen molar-refractivity contribution in [1.29, 1.82) is 0 Å². The Balaban J connectivity index is 1.45. The monoisotopic (exact) mass is 780 g/mol. The summed E-state index contributed by atoms with van der Waals surface area (Å²) >= 11 is -2.75. The molecule has 0 saturated carbocycles. The van der Waals surface area contributed by atoms with E-state index >= 15 is 0 Å². The number of unbranched alkanes of at least 4 members (excludes halogenated alkanes) is 1. The van der Waals surface area contributed by atoms with Crippen molar-refractivity contribution in [1.82, 2.24) is 9.97 Å². The molecule has 6 aromatic rings. The Morgan fingerprint density at radius 3 is 2.12 bits per heavy atom. The van der Waals surface area contributed by atoms with Crippen molar-refractivity contribution in [3.05, 3.63) is 144 Å². The summed E-state index contributed by atoms with van der Waals surface area (Å²) in [5.41, 5.74) is 6.80. The number of pyridine rings is 2. The molecule has 0 fully saturated rings. The lowest BCUT2D eigenvalue weighted by Gasteiger charge is -2.48. The first-order chi connectivity index (χ1) is 28.0. The van der Waals surface area contributed by atoms with Gasteiger partial charge in [0.2, 0.25) is 5.72 Å². The van der Waals surface area contributed by atoms with Gasteiger partial charge in [-0.1, -0.05) is 94.6 Å². The fraction of sp³-hybridized carbons (Fsp3) is 0.277. The van der Waals surface area contributed by atoms with E-state index in [9.17, 15) is 8.76 Å². The van der Waals surface area contributed by atoms with Crippen LogP contribution < -0.4 is 19.3 Å². The van der Waals surface area contributed by atoms with E-state index in [2.05, 4.69) is 48.8 Å². The van der Waals surface area contributed by atoms with Gasteiger partial charge in [0, 0.05) is 30.9 Å². The lowest BCUT2D eigenvalue weighted by molar-refractivity contribution is 0.0639. The third kappa shape index (κ3) is 7.41. The minimum absolute atomic E-state index is 0.203. The molecule has 0 spiro atoms. The molecule has 0 bridgehead atoms. The second kappa shape index (κ2) is 16.9. The van der Waals surface area contributed by atoms with Crippen LogP contribution in [0.4, 0.5) is 22.7 Å². The van der Waals surface area contributed by atoms with E-state index in [0.717, 1.165) is 95.0 Å². The summed E-state index contributed by atoms with van der Waals surface area (Å²) in [5, 5.41) is 0. The van der Waals surface area contributed by atoms with E-state index in [1.54, 1.807) is 12.4 Å². The van der Waals surface area contributed by atoms with Gasteiger partial charge in [0.25, 0.3) is 0 Å². The molecular weight excluding hydrogens is 733 g/mol. The predicted octanol–water partition coefficient (Wildman–Crippen LogP) is 12.0. The molecule has 57 heavy (non-hydrogen) atoms. The molecule has 0 aliphatic carbocycles. The molecule has 0 saturated heterocycles.